The first-order valence-corrected chi connectivity index (χ1v) is 7.56. The second-order valence-corrected chi connectivity index (χ2v) is 5.67. The minimum Gasteiger partial charge on any atom is -0.334 e. The van der Waals surface area contributed by atoms with Crippen molar-refractivity contribution < 1.29 is 0 Å². The lowest BCUT2D eigenvalue weighted by Crippen LogP contribution is -2.29. The highest BCUT2D eigenvalue weighted by molar-refractivity contribution is 9.10. The predicted octanol–water partition coefficient (Wildman–Crippen LogP) is 2.46. The van der Waals surface area contributed by atoms with Crippen molar-refractivity contribution in [1.29, 1.82) is 0 Å². The summed E-state index contributed by atoms with van der Waals surface area (Å²) >= 11 is 3.44. The zero-order valence-electron chi connectivity index (χ0n) is 11.5. The monoisotopic (exact) mass is 345 g/mol. The van der Waals surface area contributed by atoms with E-state index in [9.17, 15) is 0 Å². The first kappa shape index (κ1) is 14.0. The second-order valence-electron chi connectivity index (χ2n) is 4.76. The van der Waals surface area contributed by atoms with Crippen LogP contribution in [0.2, 0.25) is 0 Å². The van der Waals surface area contributed by atoms with Crippen LogP contribution in [0.15, 0.2) is 53.1 Å². The lowest BCUT2D eigenvalue weighted by molar-refractivity contribution is 0.755. The molecule has 0 unspecified atom stereocenters. The van der Waals surface area contributed by atoms with E-state index in [2.05, 4.69) is 43.0 Å². The van der Waals surface area contributed by atoms with E-state index in [-0.39, 0.29) is 0 Å². The highest BCUT2D eigenvalue weighted by Crippen LogP contribution is 2.16. The largest absolute Gasteiger partial charge is 0.334 e. The molecule has 0 bridgehead atoms. The van der Waals surface area contributed by atoms with Crippen molar-refractivity contribution in [2.24, 2.45) is 5.73 Å². The number of pyridine rings is 1. The Balaban J connectivity index is 1.91. The molecule has 0 aliphatic heterocycles. The number of halogens is 1. The van der Waals surface area contributed by atoms with Crippen LogP contribution >= 0.6 is 15.9 Å². The van der Waals surface area contributed by atoms with Gasteiger partial charge in [-0.25, -0.2) is 4.52 Å². The third kappa shape index (κ3) is 3.22. The molecule has 2 aromatic heterocycles. The highest BCUT2D eigenvalue weighted by atomic mass is 79.9. The Hall–Kier alpha value is -1.92. The summed E-state index contributed by atoms with van der Waals surface area (Å²) < 4.78 is 2.74. The molecule has 0 saturated carbocycles. The number of rotatable bonds is 5. The van der Waals surface area contributed by atoms with Gasteiger partial charge in [-0.15, -0.1) is 5.10 Å². The first-order chi connectivity index (χ1) is 10.3. The molecule has 0 aliphatic rings. The Morgan fingerprint density at radius 1 is 1.14 bits per heavy atom. The third-order valence-electron chi connectivity index (χ3n) is 3.18. The van der Waals surface area contributed by atoms with Crippen LogP contribution < -0.4 is 10.6 Å². The van der Waals surface area contributed by atoms with Gasteiger partial charge in [-0.2, -0.15) is 4.98 Å². The zero-order valence-corrected chi connectivity index (χ0v) is 13.1. The maximum atomic E-state index is 5.73. The van der Waals surface area contributed by atoms with Gasteiger partial charge >= 0.3 is 0 Å². The number of fused-ring (bicyclic) bond motifs is 1. The molecule has 0 spiro atoms. The molecular formula is C15H16BrN5. The number of benzene rings is 1. The van der Waals surface area contributed by atoms with Crippen LogP contribution in [0.4, 0.5) is 5.95 Å². The smallest absolute Gasteiger partial charge is 0.246 e. The fourth-order valence-electron chi connectivity index (χ4n) is 2.19. The molecule has 2 N–H and O–H groups in total. The quantitative estimate of drug-likeness (QED) is 0.771. The summed E-state index contributed by atoms with van der Waals surface area (Å²) in [5, 5.41) is 4.53. The number of hydrogen-bond donors (Lipinski definition) is 1. The predicted molar refractivity (Wildman–Crippen MR) is 87.2 cm³/mol. The molecule has 0 radical (unpaired) electrons. The topological polar surface area (TPSA) is 59.5 Å². The minimum atomic E-state index is 0.562. The summed E-state index contributed by atoms with van der Waals surface area (Å²) in [6.45, 7) is 2.02. The van der Waals surface area contributed by atoms with Crippen molar-refractivity contribution in [2.45, 2.75) is 6.54 Å². The summed E-state index contributed by atoms with van der Waals surface area (Å²) in [5.74, 6) is 0.697. The fourth-order valence-corrected chi connectivity index (χ4v) is 2.52. The maximum absolute atomic E-state index is 5.73. The van der Waals surface area contributed by atoms with E-state index in [0.29, 0.717) is 19.0 Å². The Morgan fingerprint density at radius 3 is 2.71 bits per heavy atom. The first-order valence-electron chi connectivity index (χ1n) is 6.77. The lowest BCUT2D eigenvalue weighted by atomic mass is 10.2. The molecular weight excluding hydrogens is 330 g/mol. The van der Waals surface area contributed by atoms with E-state index in [1.807, 2.05) is 36.5 Å². The van der Waals surface area contributed by atoms with Crippen molar-refractivity contribution in [2.75, 3.05) is 18.0 Å². The fraction of sp³-hybridized carbons (Fsp3) is 0.200. The van der Waals surface area contributed by atoms with E-state index in [1.165, 1.54) is 5.56 Å². The summed E-state index contributed by atoms with van der Waals surface area (Å²) in [7, 11) is 0. The number of nitrogens with two attached hydrogens (primary N) is 1. The van der Waals surface area contributed by atoms with Crippen molar-refractivity contribution in [3.8, 4) is 0 Å². The molecule has 1 aromatic carbocycles. The molecule has 0 amide bonds. The molecule has 0 fully saturated rings. The molecule has 0 saturated heterocycles. The summed E-state index contributed by atoms with van der Waals surface area (Å²) in [4.78, 5) is 6.66. The Bertz CT molecular complexity index is 725. The van der Waals surface area contributed by atoms with Gasteiger partial charge in [0.25, 0.3) is 0 Å². The Labute approximate surface area is 131 Å². The van der Waals surface area contributed by atoms with Crippen LogP contribution in [0.25, 0.3) is 5.65 Å². The van der Waals surface area contributed by atoms with Gasteiger partial charge in [0.2, 0.25) is 5.95 Å². The van der Waals surface area contributed by atoms with Crippen LogP contribution in [-0.2, 0) is 6.54 Å². The van der Waals surface area contributed by atoms with E-state index >= 15 is 0 Å². The van der Waals surface area contributed by atoms with Gasteiger partial charge < -0.3 is 10.6 Å². The molecule has 0 atom stereocenters. The minimum absolute atomic E-state index is 0.562. The highest BCUT2D eigenvalue weighted by Gasteiger charge is 2.12. The molecule has 6 heteroatoms. The van der Waals surface area contributed by atoms with Gasteiger partial charge in [-0.1, -0.05) is 30.3 Å². The molecule has 108 valence electrons. The van der Waals surface area contributed by atoms with E-state index < -0.39 is 0 Å². The molecule has 21 heavy (non-hydrogen) atoms. The molecule has 5 nitrogen and oxygen atoms in total. The Kier molecular flexibility index (Phi) is 4.17. The average molecular weight is 346 g/mol. The van der Waals surface area contributed by atoms with E-state index in [4.69, 9.17) is 5.73 Å². The number of anilines is 1. The van der Waals surface area contributed by atoms with Crippen molar-refractivity contribution in [1.82, 2.24) is 14.6 Å². The average Bonchev–Trinajstić information content (AvgIpc) is 2.91. The molecule has 2 heterocycles. The standard InChI is InChI=1S/C15H16BrN5/c16-13-6-7-14-18-15(19-21(14)11-13)20(9-8-17)10-12-4-2-1-3-5-12/h1-7,11H,8-10,17H2. The number of nitrogens with zero attached hydrogens (tertiary/aromatic N) is 4. The SMILES string of the molecule is NCCN(Cc1ccccc1)c1nc2ccc(Br)cn2n1. The van der Waals surface area contributed by atoms with Crippen molar-refractivity contribution in [3.05, 3.63) is 58.7 Å². The van der Waals surface area contributed by atoms with Gasteiger partial charge in [-0.05, 0) is 33.6 Å². The lowest BCUT2D eigenvalue weighted by Gasteiger charge is -2.20. The normalized spacial score (nSPS) is 11.0. The Morgan fingerprint density at radius 2 is 1.95 bits per heavy atom. The summed E-state index contributed by atoms with van der Waals surface area (Å²) in [6, 6.07) is 14.2. The molecule has 3 aromatic rings. The maximum Gasteiger partial charge on any atom is 0.246 e. The van der Waals surface area contributed by atoms with Crippen LogP contribution in [0.1, 0.15) is 5.56 Å². The van der Waals surface area contributed by atoms with E-state index in [1.54, 1.807) is 4.52 Å². The van der Waals surface area contributed by atoms with Crippen LogP contribution in [0.3, 0.4) is 0 Å². The molecule has 3 rings (SSSR count). The van der Waals surface area contributed by atoms with Gasteiger partial charge in [0, 0.05) is 30.3 Å². The molecule has 0 aliphatic carbocycles. The second kappa shape index (κ2) is 6.24. The third-order valence-corrected chi connectivity index (χ3v) is 3.65. The van der Waals surface area contributed by atoms with Crippen molar-refractivity contribution >= 4 is 27.5 Å². The van der Waals surface area contributed by atoms with Gasteiger partial charge in [0.15, 0.2) is 5.65 Å². The number of aromatic nitrogens is 3. The van der Waals surface area contributed by atoms with Crippen LogP contribution in [0.5, 0.6) is 0 Å². The summed E-state index contributed by atoms with van der Waals surface area (Å²) in [5.41, 5.74) is 7.76. The van der Waals surface area contributed by atoms with E-state index in [0.717, 1.165) is 16.7 Å². The van der Waals surface area contributed by atoms with Crippen molar-refractivity contribution in [3.63, 3.8) is 0 Å². The number of hydrogen-bond acceptors (Lipinski definition) is 4. The van der Waals surface area contributed by atoms with Crippen LogP contribution in [-0.4, -0.2) is 27.7 Å². The van der Waals surface area contributed by atoms with Crippen LogP contribution in [0, 0.1) is 0 Å². The van der Waals surface area contributed by atoms with Gasteiger partial charge in [0.05, 0.1) is 0 Å². The zero-order chi connectivity index (χ0) is 14.7. The van der Waals surface area contributed by atoms with Gasteiger partial charge in [0.1, 0.15) is 0 Å². The summed E-state index contributed by atoms with van der Waals surface area (Å²) in [6.07, 6.45) is 1.90. The van der Waals surface area contributed by atoms with Gasteiger partial charge in [-0.3, -0.25) is 0 Å².